The third-order valence-electron chi connectivity index (χ3n) is 4.11. The molecule has 3 rings (SSSR count). The van der Waals surface area contributed by atoms with Gasteiger partial charge in [-0.05, 0) is 31.5 Å². The topological polar surface area (TPSA) is 121 Å². The standard InChI is InChI=1S/C21H19N3O6S/c1-13-5-3-8-17(9-13)29-11-19(25)30-14(2)20(26)23-21-22-18(12-31-21)15-6-4-7-16(10-15)24(27)28/h3-10,12,14H,11H2,1-2H3,(H,22,23,26). The van der Waals surface area contributed by atoms with E-state index in [4.69, 9.17) is 9.47 Å². The lowest BCUT2D eigenvalue weighted by Crippen LogP contribution is -2.31. The van der Waals surface area contributed by atoms with Crippen LogP contribution in [0.25, 0.3) is 11.3 Å². The maximum absolute atomic E-state index is 12.3. The first-order valence-electron chi connectivity index (χ1n) is 9.22. The van der Waals surface area contributed by atoms with Crippen molar-refractivity contribution in [3.63, 3.8) is 0 Å². The predicted octanol–water partition coefficient (Wildman–Crippen LogP) is 3.98. The molecule has 2 aromatic carbocycles. The molecule has 0 bridgehead atoms. The molecule has 1 aromatic heterocycles. The van der Waals surface area contributed by atoms with E-state index in [9.17, 15) is 19.7 Å². The Kier molecular flexibility index (Phi) is 6.93. The van der Waals surface area contributed by atoms with Crippen molar-refractivity contribution in [3.8, 4) is 17.0 Å². The third kappa shape index (κ3) is 6.09. The van der Waals surface area contributed by atoms with Gasteiger partial charge in [-0.15, -0.1) is 11.3 Å². The van der Waals surface area contributed by atoms with Crippen molar-refractivity contribution >= 4 is 34.0 Å². The number of nitro groups is 1. The Morgan fingerprint density at radius 3 is 2.74 bits per heavy atom. The van der Waals surface area contributed by atoms with Gasteiger partial charge in [0.1, 0.15) is 5.75 Å². The number of rotatable bonds is 8. The van der Waals surface area contributed by atoms with Crippen molar-refractivity contribution in [1.29, 1.82) is 0 Å². The number of thiazole rings is 1. The summed E-state index contributed by atoms with van der Waals surface area (Å²) in [7, 11) is 0. The highest BCUT2D eigenvalue weighted by molar-refractivity contribution is 7.14. The van der Waals surface area contributed by atoms with Crippen LogP contribution in [0.2, 0.25) is 0 Å². The molecule has 0 aliphatic carbocycles. The summed E-state index contributed by atoms with van der Waals surface area (Å²) < 4.78 is 10.5. The largest absolute Gasteiger partial charge is 0.482 e. The minimum Gasteiger partial charge on any atom is -0.482 e. The van der Waals surface area contributed by atoms with Crippen LogP contribution in [0.1, 0.15) is 12.5 Å². The van der Waals surface area contributed by atoms with Gasteiger partial charge in [0.05, 0.1) is 10.6 Å². The van der Waals surface area contributed by atoms with Crippen LogP contribution >= 0.6 is 11.3 Å². The van der Waals surface area contributed by atoms with E-state index in [2.05, 4.69) is 10.3 Å². The van der Waals surface area contributed by atoms with E-state index in [1.807, 2.05) is 19.1 Å². The number of carbonyl (C=O) groups excluding carboxylic acids is 2. The van der Waals surface area contributed by atoms with Gasteiger partial charge in [-0.3, -0.25) is 20.2 Å². The molecule has 0 aliphatic rings. The summed E-state index contributed by atoms with van der Waals surface area (Å²) in [4.78, 5) is 39.0. The second-order valence-electron chi connectivity index (χ2n) is 6.57. The summed E-state index contributed by atoms with van der Waals surface area (Å²) >= 11 is 1.15. The number of non-ortho nitro benzene ring substituents is 1. The summed E-state index contributed by atoms with van der Waals surface area (Å²) in [5, 5.41) is 15.4. The highest BCUT2D eigenvalue weighted by Gasteiger charge is 2.20. The van der Waals surface area contributed by atoms with Crippen LogP contribution in [0, 0.1) is 17.0 Å². The molecule has 0 aliphatic heterocycles. The Balaban J connectivity index is 1.53. The molecule has 0 saturated heterocycles. The van der Waals surface area contributed by atoms with E-state index in [0.29, 0.717) is 17.0 Å². The first kappa shape index (κ1) is 21.9. The van der Waals surface area contributed by atoms with Crippen molar-refractivity contribution in [1.82, 2.24) is 4.98 Å². The van der Waals surface area contributed by atoms with Gasteiger partial charge in [0.15, 0.2) is 17.8 Å². The van der Waals surface area contributed by atoms with Gasteiger partial charge in [0.25, 0.3) is 11.6 Å². The number of aromatic nitrogens is 1. The monoisotopic (exact) mass is 441 g/mol. The van der Waals surface area contributed by atoms with Crippen molar-refractivity contribution in [3.05, 3.63) is 69.6 Å². The number of carbonyl (C=O) groups is 2. The van der Waals surface area contributed by atoms with Gasteiger partial charge in [-0.1, -0.05) is 24.3 Å². The minimum absolute atomic E-state index is 0.0514. The van der Waals surface area contributed by atoms with E-state index in [0.717, 1.165) is 16.9 Å². The van der Waals surface area contributed by atoms with Gasteiger partial charge in [0.2, 0.25) is 0 Å². The van der Waals surface area contributed by atoms with E-state index in [1.54, 1.807) is 29.6 Å². The number of anilines is 1. The Bertz CT molecular complexity index is 1110. The molecule has 0 radical (unpaired) electrons. The van der Waals surface area contributed by atoms with Gasteiger partial charge in [-0.2, -0.15) is 0 Å². The number of nitro benzene ring substituents is 1. The molecule has 3 aromatic rings. The second kappa shape index (κ2) is 9.81. The van der Waals surface area contributed by atoms with E-state index in [-0.39, 0.29) is 17.4 Å². The maximum atomic E-state index is 12.3. The zero-order valence-corrected chi connectivity index (χ0v) is 17.5. The lowest BCUT2D eigenvalue weighted by molar-refractivity contribution is -0.384. The van der Waals surface area contributed by atoms with Gasteiger partial charge in [-0.25, -0.2) is 9.78 Å². The Morgan fingerprint density at radius 2 is 2.00 bits per heavy atom. The van der Waals surface area contributed by atoms with Crippen LogP contribution in [0.4, 0.5) is 10.8 Å². The molecule has 0 fully saturated rings. The number of hydrogen-bond acceptors (Lipinski definition) is 8. The quantitative estimate of drug-likeness (QED) is 0.319. The molecule has 1 amide bonds. The van der Waals surface area contributed by atoms with Gasteiger partial charge < -0.3 is 9.47 Å². The normalized spacial score (nSPS) is 11.4. The smallest absolute Gasteiger partial charge is 0.344 e. The number of amides is 1. The third-order valence-corrected chi connectivity index (χ3v) is 4.87. The van der Waals surface area contributed by atoms with Crippen LogP contribution in [-0.4, -0.2) is 34.5 Å². The molecule has 160 valence electrons. The van der Waals surface area contributed by atoms with Crippen LogP contribution in [0.5, 0.6) is 5.75 Å². The van der Waals surface area contributed by atoms with Gasteiger partial charge >= 0.3 is 5.97 Å². The van der Waals surface area contributed by atoms with E-state index >= 15 is 0 Å². The molecule has 1 unspecified atom stereocenters. The van der Waals surface area contributed by atoms with Crippen LogP contribution in [0.15, 0.2) is 53.9 Å². The Hall–Kier alpha value is -3.79. The number of aryl methyl sites for hydroxylation is 1. The fraction of sp³-hybridized carbons (Fsp3) is 0.190. The fourth-order valence-electron chi connectivity index (χ4n) is 2.58. The lowest BCUT2D eigenvalue weighted by atomic mass is 10.1. The van der Waals surface area contributed by atoms with Crippen molar-refractivity contribution in [2.75, 3.05) is 11.9 Å². The SMILES string of the molecule is Cc1cccc(OCC(=O)OC(C)C(=O)Nc2nc(-c3cccc([N+](=O)[O-])c3)cs2)c1. The summed E-state index contributed by atoms with van der Waals surface area (Å²) in [6.07, 6.45) is -1.06. The summed E-state index contributed by atoms with van der Waals surface area (Å²) in [6, 6.07) is 13.2. The molecule has 1 heterocycles. The lowest BCUT2D eigenvalue weighted by Gasteiger charge is -2.13. The molecule has 1 N–H and O–H groups in total. The second-order valence-corrected chi connectivity index (χ2v) is 7.43. The van der Waals surface area contributed by atoms with E-state index in [1.165, 1.54) is 19.1 Å². The highest BCUT2D eigenvalue weighted by atomic mass is 32.1. The fourth-order valence-corrected chi connectivity index (χ4v) is 3.30. The van der Waals surface area contributed by atoms with Crippen molar-refractivity contribution in [2.45, 2.75) is 20.0 Å². The molecular formula is C21H19N3O6S. The molecule has 10 heteroatoms. The highest BCUT2D eigenvalue weighted by Crippen LogP contribution is 2.27. The zero-order chi connectivity index (χ0) is 22.4. The zero-order valence-electron chi connectivity index (χ0n) is 16.7. The van der Waals surface area contributed by atoms with E-state index < -0.39 is 22.9 Å². The molecular weight excluding hydrogens is 422 g/mol. The number of nitrogens with one attached hydrogen (secondary N) is 1. The Morgan fingerprint density at radius 1 is 1.23 bits per heavy atom. The number of benzene rings is 2. The van der Waals surface area contributed by atoms with Crippen molar-refractivity contribution in [2.24, 2.45) is 0 Å². The first-order valence-corrected chi connectivity index (χ1v) is 10.1. The number of ether oxygens (including phenoxy) is 2. The molecule has 31 heavy (non-hydrogen) atoms. The molecule has 0 saturated carbocycles. The summed E-state index contributed by atoms with van der Waals surface area (Å²) in [5.74, 6) is -0.699. The summed E-state index contributed by atoms with van der Waals surface area (Å²) in [6.45, 7) is 3.02. The minimum atomic E-state index is -1.06. The molecule has 9 nitrogen and oxygen atoms in total. The van der Waals surface area contributed by atoms with Crippen LogP contribution in [-0.2, 0) is 14.3 Å². The summed E-state index contributed by atoms with van der Waals surface area (Å²) in [5.41, 5.74) is 1.98. The van der Waals surface area contributed by atoms with Crippen LogP contribution < -0.4 is 10.1 Å². The number of esters is 1. The van der Waals surface area contributed by atoms with Crippen LogP contribution in [0.3, 0.4) is 0 Å². The predicted molar refractivity (Wildman–Crippen MR) is 115 cm³/mol. The Labute approximate surface area is 181 Å². The molecule has 1 atom stereocenters. The number of nitrogens with zero attached hydrogens (tertiary/aromatic N) is 2. The number of hydrogen-bond donors (Lipinski definition) is 1. The average molecular weight is 441 g/mol. The first-order chi connectivity index (χ1) is 14.8. The maximum Gasteiger partial charge on any atom is 0.344 e. The average Bonchev–Trinajstić information content (AvgIpc) is 3.21. The van der Waals surface area contributed by atoms with Gasteiger partial charge in [0, 0.05) is 23.1 Å². The molecule has 0 spiro atoms. The van der Waals surface area contributed by atoms with Crippen molar-refractivity contribution < 1.29 is 24.0 Å².